The third-order valence-electron chi connectivity index (χ3n) is 3.22. The molecule has 0 aromatic carbocycles. The molecule has 0 radical (unpaired) electrons. The second-order valence-corrected chi connectivity index (χ2v) is 4.74. The highest BCUT2D eigenvalue weighted by Crippen LogP contribution is 2.12. The van der Waals surface area contributed by atoms with E-state index in [4.69, 9.17) is 10.8 Å². The summed E-state index contributed by atoms with van der Waals surface area (Å²) in [5.74, 6) is -0.522. The fourth-order valence-electron chi connectivity index (χ4n) is 2.14. The number of carbonyl (C=O) groups excluding carboxylic acids is 1. The zero-order valence-corrected chi connectivity index (χ0v) is 11.7. The van der Waals surface area contributed by atoms with Crippen LogP contribution >= 0.6 is 0 Å². The van der Waals surface area contributed by atoms with Crippen molar-refractivity contribution in [2.45, 2.75) is 6.61 Å². The van der Waals surface area contributed by atoms with Gasteiger partial charge in [0.25, 0.3) is 5.91 Å². The predicted molar refractivity (Wildman–Crippen MR) is 82.8 cm³/mol. The monoisotopic (exact) mass is 294 g/mol. The van der Waals surface area contributed by atoms with E-state index in [0.29, 0.717) is 17.0 Å². The maximum absolute atomic E-state index is 11.3. The van der Waals surface area contributed by atoms with Gasteiger partial charge >= 0.3 is 0 Å². The van der Waals surface area contributed by atoms with Gasteiger partial charge in [0.05, 0.1) is 24.2 Å². The minimum absolute atomic E-state index is 0.0926. The Kier molecular flexibility index (Phi) is 3.67. The van der Waals surface area contributed by atoms with Crippen molar-refractivity contribution in [1.29, 1.82) is 0 Å². The molecule has 110 valence electrons. The van der Waals surface area contributed by atoms with E-state index in [2.05, 4.69) is 9.97 Å². The van der Waals surface area contributed by atoms with E-state index >= 15 is 0 Å². The standard InChI is InChI=1S/C16H14N4O2/c17-16(22)14-8-18-15-7-5-11(9-20(14)15)4-6-12-2-1-3-13(10-21)19-12/h1-9,21H,10H2,(H2,17,22)/b6-4-. The summed E-state index contributed by atoms with van der Waals surface area (Å²) in [6.45, 7) is -0.0926. The fourth-order valence-corrected chi connectivity index (χ4v) is 2.14. The fraction of sp³-hybridized carbons (Fsp3) is 0.0625. The molecule has 0 fully saturated rings. The maximum Gasteiger partial charge on any atom is 0.267 e. The lowest BCUT2D eigenvalue weighted by Crippen LogP contribution is -2.13. The molecule has 0 aliphatic heterocycles. The number of nitrogens with zero attached hydrogens (tertiary/aromatic N) is 3. The molecule has 0 bridgehead atoms. The highest BCUT2D eigenvalue weighted by atomic mass is 16.3. The average molecular weight is 294 g/mol. The number of primary amides is 1. The molecule has 0 aliphatic rings. The van der Waals surface area contributed by atoms with Gasteiger partial charge in [-0.25, -0.2) is 4.98 Å². The summed E-state index contributed by atoms with van der Waals surface area (Å²) in [7, 11) is 0. The smallest absolute Gasteiger partial charge is 0.267 e. The van der Waals surface area contributed by atoms with E-state index in [1.807, 2.05) is 36.4 Å². The van der Waals surface area contributed by atoms with Crippen LogP contribution in [-0.4, -0.2) is 25.4 Å². The quantitative estimate of drug-likeness (QED) is 0.762. The minimum Gasteiger partial charge on any atom is -0.390 e. The number of hydrogen-bond donors (Lipinski definition) is 2. The molecule has 1 amide bonds. The predicted octanol–water partition coefficient (Wildman–Crippen LogP) is 1.49. The summed E-state index contributed by atoms with van der Waals surface area (Å²) in [5.41, 5.74) is 8.55. The Morgan fingerprint density at radius 3 is 2.91 bits per heavy atom. The number of carbonyl (C=O) groups is 1. The van der Waals surface area contributed by atoms with Crippen LogP contribution in [0.5, 0.6) is 0 Å². The number of aliphatic hydroxyl groups excluding tert-OH is 1. The van der Waals surface area contributed by atoms with Crippen LogP contribution in [0.4, 0.5) is 0 Å². The molecule has 0 unspecified atom stereocenters. The van der Waals surface area contributed by atoms with Gasteiger partial charge in [-0.1, -0.05) is 12.1 Å². The molecule has 0 saturated carbocycles. The molecule has 6 nitrogen and oxygen atoms in total. The van der Waals surface area contributed by atoms with E-state index in [9.17, 15) is 4.79 Å². The van der Waals surface area contributed by atoms with Gasteiger partial charge in [-0.2, -0.15) is 0 Å². The molecule has 0 spiro atoms. The largest absolute Gasteiger partial charge is 0.390 e. The van der Waals surface area contributed by atoms with E-state index in [1.54, 1.807) is 16.7 Å². The third kappa shape index (κ3) is 2.72. The summed E-state index contributed by atoms with van der Waals surface area (Å²) in [5, 5.41) is 9.08. The summed E-state index contributed by atoms with van der Waals surface area (Å²) >= 11 is 0. The molecule has 0 aliphatic carbocycles. The van der Waals surface area contributed by atoms with Gasteiger partial charge in [-0.3, -0.25) is 14.2 Å². The molecule has 3 aromatic heterocycles. The Balaban J connectivity index is 1.94. The van der Waals surface area contributed by atoms with Crippen molar-refractivity contribution in [1.82, 2.24) is 14.4 Å². The summed E-state index contributed by atoms with van der Waals surface area (Å²) in [6, 6.07) is 9.14. The van der Waals surface area contributed by atoms with Crippen molar-refractivity contribution < 1.29 is 9.90 Å². The van der Waals surface area contributed by atoms with Crippen LogP contribution in [0.1, 0.15) is 27.4 Å². The Morgan fingerprint density at radius 2 is 2.14 bits per heavy atom. The lowest BCUT2D eigenvalue weighted by molar-refractivity contribution is 0.0994. The number of rotatable bonds is 4. The maximum atomic E-state index is 11.3. The zero-order chi connectivity index (χ0) is 15.5. The number of fused-ring (bicyclic) bond motifs is 1. The van der Waals surface area contributed by atoms with Gasteiger partial charge in [-0.05, 0) is 35.9 Å². The second-order valence-electron chi connectivity index (χ2n) is 4.74. The van der Waals surface area contributed by atoms with Crippen molar-refractivity contribution >= 4 is 23.7 Å². The van der Waals surface area contributed by atoms with Gasteiger partial charge in [0.15, 0.2) is 0 Å². The average Bonchev–Trinajstić information content (AvgIpc) is 2.96. The van der Waals surface area contributed by atoms with Crippen molar-refractivity contribution in [2.75, 3.05) is 0 Å². The van der Waals surface area contributed by atoms with Crippen LogP contribution in [-0.2, 0) is 6.61 Å². The number of aliphatic hydroxyl groups is 1. The molecular formula is C16H14N4O2. The highest BCUT2D eigenvalue weighted by Gasteiger charge is 2.07. The molecule has 3 aromatic rings. The van der Waals surface area contributed by atoms with Crippen molar-refractivity contribution in [3.8, 4) is 0 Å². The lowest BCUT2D eigenvalue weighted by atomic mass is 10.2. The number of pyridine rings is 2. The van der Waals surface area contributed by atoms with Crippen LogP contribution < -0.4 is 5.73 Å². The summed E-state index contributed by atoms with van der Waals surface area (Å²) < 4.78 is 1.65. The van der Waals surface area contributed by atoms with Crippen molar-refractivity contribution in [3.63, 3.8) is 0 Å². The molecule has 3 heterocycles. The van der Waals surface area contributed by atoms with Crippen LogP contribution in [0, 0.1) is 0 Å². The lowest BCUT2D eigenvalue weighted by Gasteiger charge is -2.00. The molecule has 3 rings (SSSR count). The Morgan fingerprint density at radius 1 is 1.27 bits per heavy atom. The Hall–Kier alpha value is -2.99. The summed E-state index contributed by atoms with van der Waals surface area (Å²) in [4.78, 5) is 19.7. The van der Waals surface area contributed by atoms with Gasteiger partial charge in [0, 0.05) is 6.20 Å². The van der Waals surface area contributed by atoms with E-state index in [1.165, 1.54) is 6.20 Å². The molecular weight excluding hydrogens is 280 g/mol. The summed E-state index contributed by atoms with van der Waals surface area (Å²) in [6.07, 6.45) is 6.95. The van der Waals surface area contributed by atoms with Crippen LogP contribution in [0.25, 0.3) is 17.8 Å². The zero-order valence-electron chi connectivity index (χ0n) is 11.7. The molecule has 22 heavy (non-hydrogen) atoms. The number of nitrogens with two attached hydrogens (primary N) is 1. The Labute approximate surface area is 126 Å². The number of amides is 1. The first-order valence-corrected chi connectivity index (χ1v) is 6.69. The highest BCUT2D eigenvalue weighted by molar-refractivity contribution is 5.91. The van der Waals surface area contributed by atoms with Gasteiger partial charge < -0.3 is 10.8 Å². The Bertz CT molecular complexity index is 867. The third-order valence-corrected chi connectivity index (χ3v) is 3.22. The van der Waals surface area contributed by atoms with E-state index < -0.39 is 5.91 Å². The van der Waals surface area contributed by atoms with Crippen molar-refractivity contribution in [3.05, 3.63) is 65.4 Å². The van der Waals surface area contributed by atoms with Gasteiger partial charge in [0.2, 0.25) is 0 Å². The second kappa shape index (κ2) is 5.79. The first-order valence-electron chi connectivity index (χ1n) is 6.69. The number of aromatic nitrogens is 3. The first kappa shape index (κ1) is 14.0. The SMILES string of the molecule is NC(=O)c1cnc2ccc(/C=C\c3cccc(CO)n3)cn12. The number of hydrogen-bond acceptors (Lipinski definition) is 4. The topological polar surface area (TPSA) is 93.5 Å². The van der Waals surface area contributed by atoms with Crippen LogP contribution in [0.3, 0.4) is 0 Å². The van der Waals surface area contributed by atoms with E-state index in [-0.39, 0.29) is 6.61 Å². The molecule has 0 saturated heterocycles. The van der Waals surface area contributed by atoms with Gasteiger partial charge in [0.1, 0.15) is 11.3 Å². The first-order chi connectivity index (χ1) is 10.7. The minimum atomic E-state index is -0.522. The van der Waals surface area contributed by atoms with Crippen molar-refractivity contribution in [2.24, 2.45) is 5.73 Å². The molecule has 0 atom stereocenters. The van der Waals surface area contributed by atoms with Crippen LogP contribution in [0.15, 0.2) is 42.7 Å². The van der Waals surface area contributed by atoms with Gasteiger partial charge in [-0.15, -0.1) is 0 Å². The van der Waals surface area contributed by atoms with E-state index in [0.717, 1.165) is 11.3 Å². The molecule has 6 heteroatoms. The van der Waals surface area contributed by atoms with Crippen LogP contribution in [0.2, 0.25) is 0 Å². The number of imidazole rings is 1. The normalized spacial score (nSPS) is 11.3. The molecule has 3 N–H and O–H groups in total.